The van der Waals surface area contributed by atoms with Crippen molar-refractivity contribution in [1.29, 1.82) is 0 Å². The first-order chi connectivity index (χ1) is 31.6. The smallest absolute Gasteiger partial charge is 0.208 e. The lowest BCUT2D eigenvalue weighted by Gasteiger charge is -2.14. The molecule has 0 aliphatic heterocycles. The molecular formula is C59H36ClN3S. The van der Waals surface area contributed by atoms with Crippen molar-refractivity contribution in [2.24, 2.45) is 0 Å². The molecular weight excluding hydrogens is 818 g/mol. The number of halogens is 1. The van der Waals surface area contributed by atoms with Crippen LogP contribution in [0.4, 0.5) is 0 Å². The minimum Gasteiger partial charge on any atom is -0.208 e. The molecule has 0 spiro atoms. The van der Waals surface area contributed by atoms with Gasteiger partial charge in [0.1, 0.15) is 0 Å². The standard InChI is InChI=1S/C59H36ClN3S/c60-59-62-57(61-58(63-59)44-27-29-51-54(35-44)64-55-36-45(37-14-4-1-5-15-37)33-53(56(51)55)40-18-8-3-9-19-40)43-23-12-22-41(30-43)42-26-28-50-46(31-42)32-47(34-52(50)39-16-6-2-7-17-39)49-25-13-21-38-20-10-11-24-48(38)49/h1-36H. The number of benzene rings is 10. The highest BCUT2D eigenvalue weighted by molar-refractivity contribution is 7.26. The van der Waals surface area contributed by atoms with Crippen molar-refractivity contribution in [3.8, 4) is 78.4 Å². The normalized spacial score (nSPS) is 11.5. The first-order valence-electron chi connectivity index (χ1n) is 21.3. The molecule has 0 amide bonds. The Morgan fingerprint density at radius 1 is 0.297 bits per heavy atom. The summed E-state index contributed by atoms with van der Waals surface area (Å²) in [5, 5.41) is 7.43. The van der Waals surface area contributed by atoms with Crippen LogP contribution in [0.15, 0.2) is 218 Å². The van der Waals surface area contributed by atoms with Crippen molar-refractivity contribution in [3.63, 3.8) is 0 Å². The van der Waals surface area contributed by atoms with Gasteiger partial charge in [0, 0.05) is 31.3 Å². The van der Waals surface area contributed by atoms with E-state index in [0.717, 1.165) is 27.0 Å². The Balaban J connectivity index is 0.935. The van der Waals surface area contributed by atoms with E-state index in [-0.39, 0.29) is 5.28 Å². The van der Waals surface area contributed by atoms with Crippen molar-refractivity contribution in [1.82, 2.24) is 15.0 Å². The molecule has 0 N–H and O–H groups in total. The summed E-state index contributed by atoms with van der Waals surface area (Å²) >= 11 is 8.51. The van der Waals surface area contributed by atoms with E-state index in [0.29, 0.717) is 11.6 Å². The number of hydrogen-bond donors (Lipinski definition) is 0. The van der Waals surface area contributed by atoms with E-state index in [2.05, 4.69) is 222 Å². The lowest BCUT2D eigenvalue weighted by atomic mass is 9.89. The van der Waals surface area contributed by atoms with Gasteiger partial charge in [-0.1, -0.05) is 176 Å². The summed E-state index contributed by atoms with van der Waals surface area (Å²) in [4.78, 5) is 14.4. The Kier molecular flexibility index (Phi) is 9.40. The molecule has 0 aliphatic carbocycles. The number of nitrogens with zero attached hydrogens (tertiary/aromatic N) is 3. The first-order valence-corrected chi connectivity index (χ1v) is 22.5. The minimum atomic E-state index is 0.154. The van der Waals surface area contributed by atoms with E-state index < -0.39 is 0 Å². The fraction of sp³-hybridized carbons (Fsp3) is 0. The molecule has 0 bridgehead atoms. The van der Waals surface area contributed by atoms with Gasteiger partial charge >= 0.3 is 0 Å². The van der Waals surface area contributed by atoms with Crippen molar-refractivity contribution >= 4 is 64.7 Å². The zero-order valence-electron chi connectivity index (χ0n) is 34.4. The second-order valence-corrected chi connectivity index (χ2v) is 17.5. The largest absolute Gasteiger partial charge is 0.226 e. The Hall–Kier alpha value is -7.76. The van der Waals surface area contributed by atoms with Crippen LogP contribution in [-0.2, 0) is 0 Å². The maximum Gasteiger partial charge on any atom is 0.226 e. The number of thiophene rings is 1. The van der Waals surface area contributed by atoms with E-state index in [9.17, 15) is 0 Å². The lowest BCUT2D eigenvalue weighted by Crippen LogP contribution is -1.97. The number of hydrogen-bond acceptors (Lipinski definition) is 4. The van der Waals surface area contributed by atoms with E-state index in [4.69, 9.17) is 16.6 Å². The third-order valence-electron chi connectivity index (χ3n) is 12.2. The fourth-order valence-corrected chi connectivity index (χ4v) is 10.5. The highest BCUT2D eigenvalue weighted by atomic mass is 35.5. The lowest BCUT2D eigenvalue weighted by molar-refractivity contribution is 1.07. The van der Waals surface area contributed by atoms with E-state index in [1.54, 1.807) is 11.3 Å². The highest BCUT2D eigenvalue weighted by Gasteiger charge is 2.18. The molecule has 3 nitrogen and oxygen atoms in total. The van der Waals surface area contributed by atoms with Crippen molar-refractivity contribution in [2.45, 2.75) is 0 Å². The number of rotatable bonds is 7. The number of aromatic nitrogens is 3. The molecule has 0 unspecified atom stereocenters. The predicted octanol–water partition coefficient (Wildman–Crippen LogP) is 16.9. The summed E-state index contributed by atoms with van der Waals surface area (Å²) < 4.78 is 2.39. The molecule has 2 aromatic heterocycles. The summed E-state index contributed by atoms with van der Waals surface area (Å²) in [5.41, 5.74) is 13.5. The molecule has 0 saturated carbocycles. The topological polar surface area (TPSA) is 38.7 Å². The molecule has 0 saturated heterocycles. The molecule has 12 rings (SSSR count). The summed E-state index contributed by atoms with van der Waals surface area (Å²) in [6.07, 6.45) is 0. The Bertz CT molecular complexity index is 3730. The Morgan fingerprint density at radius 2 is 0.828 bits per heavy atom. The maximum atomic E-state index is 6.73. The summed E-state index contributed by atoms with van der Waals surface area (Å²) in [7, 11) is 0. The van der Waals surface area contributed by atoms with E-state index in [1.165, 1.54) is 81.5 Å². The van der Waals surface area contributed by atoms with Crippen molar-refractivity contribution < 1.29 is 0 Å². The zero-order valence-corrected chi connectivity index (χ0v) is 36.0. The molecule has 5 heteroatoms. The van der Waals surface area contributed by atoms with Crippen LogP contribution < -0.4 is 0 Å². The summed E-state index contributed by atoms with van der Waals surface area (Å²) in [6, 6.07) is 78.0. The van der Waals surface area contributed by atoms with Crippen molar-refractivity contribution in [2.75, 3.05) is 0 Å². The summed E-state index contributed by atoms with van der Waals surface area (Å²) in [5.74, 6) is 1.06. The molecule has 0 aliphatic rings. The SMILES string of the molecule is Clc1nc(-c2cccc(-c3ccc4c(-c5ccccc5)cc(-c5cccc6ccccc56)cc4c3)c2)nc(-c2ccc3c(c2)sc2cc(-c4ccccc4)cc(-c4ccccc4)c23)n1. The van der Waals surface area contributed by atoms with Gasteiger partial charge in [0.25, 0.3) is 0 Å². The van der Waals surface area contributed by atoms with Crippen molar-refractivity contribution in [3.05, 3.63) is 224 Å². The van der Waals surface area contributed by atoms with Gasteiger partial charge in [-0.25, -0.2) is 4.98 Å². The third-order valence-corrected chi connectivity index (χ3v) is 13.5. The number of fused-ring (bicyclic) bond motifs is 5. The molecule has 64 heavy (non-hydrogen) atoms. The molecule has 2 heterocycles. The van der Waals surface area contributed by atoms with Gasteiger partial charge in [-0.15, -0.1) is 11.3 Å². The van der Waals surface area contributed by atoms with Crippen LogP contribution in [0.5, 0.6) is 0 Å². The average Bonchev–Trinajstić information content (AvgIpc) is 3.74. The zero-order chi connectivity index (χ0) is 42.6. The van der Waals surface area contributed by atoms with Crippen LogP contribution >= 0.6 is 22.9 Å². The van der Waals surface area contributed by atoms with Gasteiger partial charge in [0.2, 0.25) is 5.28 Å². The van der Waals surface area contributed by atoms with Crippen LogP contribution in [0, 0.1) is 0 Å². The molecule has 0 fully saturated rings. The first kappa shape index (κ1) is 38.0. The molecule has 10 aromatic carbocycles. The van der Waals surface area contributed by atoms with Crippen LogP contribution in [0.25, 0.3) is 120 Å². The molecule has 0 radical (unpaired) electrons. The van der Waals surface area contributed by atoms with Gasteiger partial charge in [0.05, 0.1) is 0 Å². The predicted molar refractivity (Wildman–Crippen MR) is 271 cm³/mol. The average molecular weight is 854 g/mol. The second-order valence-electron chi connectivity index (χ2n) is 16.1. The van der Waals surface area contributed by atoms with Gasteiger partial charge in [-0.2, -0.15) is 9.97 Å². The fourth-order valence-electron chi connectivity index (χ4n) is 9.17. The Morgan fingerprint density at radius 3 is 1.61 bits per heavy atom. The quantitative estimate of drug-likeness (QED) is 0.160. The van der Waals surface area contributed by atoms with Crippen LogP contribution in [0.2, 0.25) is 5.28 Å². The third kappa shape index (κ3) is 6.90. The summed E-state index contributed by atoms with van der Waals surface area (Å²) in [6.45, 7) is 0. The van der Waals surface area contributed by atoms with Gasteiger partial charge in [-0.05, 0) is 131 Å². The van der Waals surface area contributed by atoms with Gasteiger partial charge < -0.3 is 0 Å². The van der Waals surface area contributed by atoms with Crippen LogP contribution in [0.3, 0.4) is 0 Å². The highest BCUT2D eigenvalue weighted by Crippen LogP contribution is 2.44. The molecule has 12 aromatic rings. The van der Waals surface area contributed by atoms with Gasteiger partial charge in [-0.3, -0.25) is 0 Å². The second kappa shape index (κ2) is 15.9. The maximum absolute atomic E-state index is 6.73. The van der Waals surface area contributed by atoms with E-state index in [1.807, 2.05) is 6.07 Å². The molecule has 300 valence electrons. The van der Waals surface area contributed by atoms with Crippen LogP contribution in [-0.4, -0.2) is 15.0 Å². The molecule has 0 atom stereocenters. The minimum absolute atomic E-state index is 0.154. The van der Waals surface area contributed by atoms with Gasteiger partial charge in [0.15, 0.2) is 11.6 Å². The van der Waals surface area contributed by atoms with E-state index >= 15 is 0 Å². The van der Waals surface area contributed by atoms with Crippen LogP contribution in [0.1, 0.15) is 0 Å². The monoisotopic (exact) mass is 853 g/mol. The Labute approximate surface area is 379 Å².